The van der Waals surface area contributed by atoms with Crippen molar-refractivity contribution in [1.82, 2.24) is 5.32 Å². The van der Waals surface area contributed by atoms with Crippen molar-refractivity contribution in [3.8, 4) is 0 Å². The van der Waals surface area contributed by atoms with Gasteiger partial charge in [0.2, 0.25) is 0 Å². The summed E-state index contributed by atoms with van der Waals surface area (Å²) < 4.78 is 0. The van der Waals surface area contributed by atoms with E-state index in [0.717, 1.165) is 12.6 Å². The molecule has 1 N–H and O–H groups in total. The molecule has 0 aromatic heterocycles. The van der Waals surface area contributed by atoms with Crippen LogP contribution in [-0.2, 0) is 6.54 Å². The monoisotopic (exact) mass is 274 g/mol. The van der Waals surface area contributed by atoms with Gasteiger partial charge in [-0.2, -0.15) is 0 Å². The van der Waals surface area contributed by atoms with E-state index in [1.807, 2.05) is 0 Å². The molecule has 1 saturated carbocycles. The van der Waals surface area contributed by atoms with Crippen molar-refractivity contribution < 1.29 is 0 Å². The molecule has 1 aliphatic rings. The molecule has 0 radical (unpaired) electrons. The quantitative estimate of drug-likeness (QED) is 0.833. The fourth-order valence-electron chi connectivity index (χ4n) is 2.62. The second-order valence-corrected chi connectivity index (χ2v) is 7.16. The Bertz CT molecular complexity index is 441. The van der Waals surface area contributed by atoms with Gasteiger partial charge in [0, 0.05) is 30.4 Å². The average molecular weight is 274 g/mol. The van der Waals surface area contributed by atoms with Crippen molar-refractivity contribution in [2.45, 2.75) is 72.0 Å². The van der Waals surface area contributed by atoms with Gasteiger partial charge in [0.15, 0.2) is 0 Å². The van der Waals surface area contributed by atoms with Crippen LogP contribution in [0.3, 0.4) is 0 Å². The molecule has 1 fully saturated rings. The fourth-order valence-corrected chi connectivity index (χ4v) is 2.62. The number of hydrogen-bond donors (Lipinski definition) is 1. The number of hydrogen-bond acceptors (Lipinski definition) is 2. The lowest BCUT2D eigenvalue weighted by molar-refractivity contribution is 0.424. The maximum absolute atomic E-state index is 3.64. The van der Waals surface area contributed by atoms with Crippen LogP contribution in [0.15, 0.2) is 18.2 Å². The van der Waals surface area contributed by atoms with Crippen molar-refractivity contribution in [2.24, 2.45) is 0 Å². The minimum atomic E-state index is 0.163. The first-order valence-electron chi connectivity index (χ1n) is 8.02. The number of rotatable bonds is 6. The van der Waals surface area contributed by atoms with Gasteiger partial charge in [0.1, 0.15) is 0 Å². The third kappa shape index (κ3) is 4.24. The lowest BCUT2D eigenvalue weighted by Crippen LogP contribution is -2.36. The van der Waals surface area contributed by atoms with Crippen LogP contribution < -0.4 is 10.2 Å². The van der Waals surface area contributed by atoms with Gasteiger partial charge >= 0.3 is 0 Å². The first kappa shape index (κ1) is 15.4. The zero-order valence-electron chi connectivity index (χ0n) is 13.8. The van der Waals surface area contributed by atoms with Crippen molar-refractivity contribution in [2.75, 3.05) is 11.4 Å². The van der Waals surface area contributed by atoms with E-state index in [1.54, 1.807) is 0 Å². The number of benzene rings is 1. The number of aryl methyl sites for hydroxylation is 1. The molecule has 1 aliphatic carbocycles. The maximum Gasteiger partial charge on any atom is 0.0414 e. The van der Waals surface area contributed by atoms with E-state index >= 15 is 0 Å². The largest absolute Gasteiger partial charge is 0.368 e. The Morgan fingerprint density at radius 2 is 1.95 bits per heavy atom. The predicted octanol–water partition coefficient (Wildman–Crippen LogP) is 4.26. The van der Waals surface area contributed by atoms with Crippen LogP contribution >= 0.6 is 0 Å². The molecule has 0 atom stereocenters. The van der Waals surface area contributed by atoms with Crippen LogP contribution in [0.5, 0.6) is 0 Å². The first-order valence-corrected chi connectivity index (χ1v) is 8.02. The molecule has 0 unspecified atom stereocenters. The molecule has 1 aromatic rings. The predicted molar refractivity (Wildman–Crippen MR) is 88.4 cm³/mol. The van der Waals surface area contributed by atoms with E-state index in [-0.39, 0.29) is 5.54 Å². The molecule has 0 aliphatic heterocycles. The van der Waals surface area contributed by atoms with Gasteiger partial charge in [-0.05, 0) is 58.6 Å². The molecule has 2 heteroatoms. The fraction of sp³-hybridized carbons (Fsp3) is 0.667. The highest BCUT2D eigenvalue weighted by atomic mass is 15.2. The number of anilines is 1. The van der Waals surface area contributed by atoms with E-state index in [9.17, 15) is 0 Å². The Labute approximate surface area is 124 Å². The van der Waals surface area contributed by atoms with E-state index in [0.29, 0.717) is 0 Å². The molecule has 1 aromatic carbocycles. The van der Waals surface area contributed by atoms with Crippen LogP contribution in [0.1, 0.15) is 58.1 Å². The summed E-state index contributed by atoms with van der Waals surface area (Å²) in [7, 11) is 0. The summed E-state index contributed by atoms with van der Waals surface area (Å²) in [5.41, 5.74) is 4.40. The van der Waals surface area contributed by atoms with Gasteiger partial charge in [-0.3, -0.25) is 0 Å². The van der Waals surface area contributed by atoms with Crippen LogP contribution in [0, 0.1) is 6.92 Å². The molecule has 112 valence electrons. The molecular formula is C18H30N2. The SMILES string of the molecule is CCCN(c1ccc(C)cc1CNC(C)(C)C)C1CC1. The number of nitrogens with one attached hydrogen (secondary N) is 1. The summed E-state index contributed by atoms with van der Waals surface area (Å²) in [5, 5.41) is 3.64. The summed E-state index contributed by atoms with van der Waals surface area (Å²) in [6.45, 7) is 13.3. The van der Waals surface area contributed by atoms with E-state index < -0.39 is 0 Å². The topological polar surface area (TPSA) is 15.3 Å². The van der Waals surface area contributed by atoms with Gasteiger partial charge in [-0.1, -0.05) is 24.6 Å². The van der Waals surface area contributed by atoms with Crippen molar-refractivity contribution >= 4 is 5.69 Å². The van der Waals surface area contributed by atoms with Crippen LogP contribution in [-0.4, -0.2) is 18.1 Å². The standard InChI is InChI=1S/C18H30N2/c1-6-11-20(16-8-9-16)17-10-7-14(2)12-15(17)13-19-18(3,4)5/h7,10,12,16,19H,6,8-9,11,13H2,1-5H3. The summed E-state index contributed by atoms with van der Waals surface area (Å²) in [5.74, 6) is 0. The molecule has 0 heterocycles. The minimum absolute atomic E-state index is 0.163. The first-order chi connectivity index (χ1) is 9.40. The highest BCUT2D eigenvalue weighted by Crippen LogP contribution is 2.34. The zero-order valence-corrected chi connectivity index (χ0v) is 13.8. The second kappa shape index (κ2) is 6.17. The van der Waals surface area contributed by atoms with Gasteiger partial charge < -0.3 is 10.2 Å². The molecule has 0 bridgehead atoms. The summed E-state index contributed by atoms with van der Waals surface area (Å²) >= 11 is 0. The average Bonchev–Trinajstić information content (AvgIpc) is 3.17. The normalized spacial score (nSPS) is 15.4. The Hall–Kier alpha value is -1.02. The third-order valence-electron chi connectivity index (χ3n) is 3.81. The molecule has 20 heavy (non-hydrogen) atoms. The lowest BCUT2D eigenvalue weighted by atomic mass is 10.0. The zero-order chi connectivity index (χ0) is 14.8. The Kier molecular flexibility index (Phi) is 4.74. The highest BCUT2D eigenvalue weighted by molar-refractivity contribution is 5.56. The van der Waals surface area contributed by atoms with Crippen LogP contribution in [0.2, 0.25) is 0 Å². The Morgan fingerprint density at radius 3 is 2.50 bits per heavy atom. The summed E-state index contributed by atoms with van der Waals surface area (Å²) in [6, 6.07) is 7.70. The molecule has 2 nitrogen and oxygen atoms in total. The highest BCUT2D eigenvalue weighted by Gasteiger charge is 2.29. The van der Waals surface area contributed by atoms with Crippen LogP contribution in [0.4, 0.5) is 5.69 Å². The molecule has 0 amide bonds. The van der Waals surface area contributed by atoms with Crippen molar-refractivity contribution in [3.63, 3.8) is 0 Å². The van der Waals surface area contributed by atoms with Crippen LogP contribution in [0.25, 0.3) is 0 Å². The minimum Gasteiger partial charge on any atom is -0.368 e. The second-order valence-electron chi connectivity index (χ2n) is 7.16. The van der Waals surface area contributed by atoms with Gasteiger partial charge in [-0.15, -0.1) is 0 Å². The molecular weight excluding hydrogens is 244 g/mol. The van der Waals surface area contributed by atoms with Gasteiger partial charge in [-0.25, -0.2) is 0 Å². The van der Waals surface area contributed by atoms with Crippen molar-refractivity contribution in [1.29, 1.82) is 0 Å². The summed E-state index contributed by atoms with van der Waals surface area (Å²) in [4.78, 5) is 2.62. The molecule has 2 rings (SSSR count). The van der Waals surface area contributed by atoms with Crippen molar-refractivity contribution in [3.05, 3.63) is 29.3 Å². The van der Waals surface area contributed by atoms with E-state index in [4.69, 9.17) is 0 Å². The third-order valence-corrected chi connectivity index (χ3v) is 3.81. The van der Waals surface area contributed by atoms with Gasteiger partial charge in [0.25, 0.3) is 0 Å². The Balaban J connectivity index is 2.21. The van der Waals surface area contributed by atoms with E-state index in [1.165, 1.54) is 42.6 Å². The van der Waals surface area contributed by atoms with Gasteiger partial charge in [0.05, 0.1) is 0 Å². The van der Waals surface area contributed by atoms with E-state index in [2.05, 4.69) is 63.0 Å². The number of nitrogens with zero attached hydrogens (tertiary/aromatic N) is 1. The molecule has 0 spiro atoms. The summed E-state index contributed by atoms with van der Waals surface area (Å²) in [6.07, 6.45) is 3.94. The maximum atomic E-state index is 3.64. The smallest absolute Gasteiger partial charge is 0.0414 e. The lowest BCUT2D eigenvalue weighted by Gasteiger charge is -2.29. The Morgan fingerprint density at radius 1 is 1.25 bits per heavy atom. The molecule has 0 saturated heterocycles.